The van der Waals surface area contributed by atoms with Crippen molar-refractivity contribution in [3.05, 3.63) is 0 Å². The van der Waals surface area contributed by atoms with Gasteiger partial charge in [-0.2, -0.15) is 0 Å². The number of rotatable bonds is 5. The third kappa shape index (κ3) is 4.30. The molecule has 1 aliphatic rings. The number of nitrogens with zero attached hydrogens (tertiary/aromatic N) is 1. The lowest BCUT2D eigenvalue weighted by atomic mass is 9.83. The summed E-state index contributed by atoms with van der Waals surface area (Å²) in [5, 5.41) is 0. The number of Topliss-reactive ketones (excluding diaryl/α,β-unsaturated/α-hetero) is 1. The molecule has 1 fully saturated rings. The molecule has 1 saturated heterocycles. The van der Waals surface area contributed by atoms with Crippen LogP contribution < -0.4 is 0 Å². The maximum Gasteiger partial charge on any atom is 0.319 e. The lowest BCUT2D eigenvalue weighted by Gasteiger charge is -2.38. The van der Waals surface area contributed by atoms with E-state index in [0.29, 0.717) is 13.2 Å². The lowest BCUT2D eigenvalue weighted by molar-refractivity contribution is -0.158. The molecule has 4 heteroatoms. The smallest absolute Gasteiger partial charge is 0.319 e. The molecule has 0 spiro atoms. The number of piperidine rings is 1. The molecule has 1 rings (SSSR count). The fourth-order valence-corrected chi connectivity index (χ4v) is 2.51. The topological polar surface area (TPSA) is 46.6 Å². The monoisotopic (exact) mass is 269 g/mol. The molecule has 0 N–H and O–H groups in total. The predicted octanol–water partition coefficient (Wildman–Crippen LogP) is 2.27. The average Bonchev–Trinajstić information content (AvgIpc) is 2.27. The van der Waals surface area contributed by atoms with Gasteiger partial charge in [0.25, 0.3) is 0 Å². The molecule has 0 aromatic heterocycles. The maximum absolute atomic E-state index is 12.3. The van der Waals surface area contributed by atoms with Gasteiger partial charge in [-0.05, 0) is 45.6 Å². The summed E-state index contributed by atoms with van der Waals surface area (Å²) in [6, 6.07) is 0. The Kier molecular flexibility index (Phi) is 5.13. The van der Waals surface area contributed by atoms with Crippen molar-refractivity contribution in [2.75, 3.05) is 26.2 Å². The van der Waals surface area contributed by atoms with Crippen molar-refractivity contribution in [2.24, 2.45) is 10.8 Å². The average molecular weight is 269 g/mol. The van der Waals surface area contributed by atoms with E-state index in [1.54, 1.807) is 20.8 Å². The highest BCUT2D eigenvalue weighted by Crippen LogP contribution is 2.29. The second-order valence-corrected chi connectivity index (χ2v) is 6.75. The number of carbonyl (C=O) groups excluding carboxylic acids is 2. The van der Waals surface area contributed by atoms with Crippen LogP contribution in [0, 0.1) is 10.8 Å². The Morgan fingerprint density at radius 3 is 2.47 bits per heavy atom. The molecule has 0 aromatic carbocycles. The van der Waals surface area contributed by atoms with Crippen molar-refractivity contribution in [3.63, 3.8) is 0 Å². The molecule has 0 aliphatic carbocycles. The number of carbonyl (C=O) groups is 2. The van der Waals surface area contributed by atoms with E-state index < -0.39 is 11.4 Å². The van der Waals surface area contributed by atoms with Crippen molar-refractivity contribution >= 4 is 11.8 Å². The number of likely N-dealkylation sites (tertiary alicyclic amines) is 1. The SMILES string of the molecule is CCOC(=O)C(C)(C)C(=O)CN1CCCC(C)(C)C1. The fraction of sp³-hybridized carbons (Fsp3) is 0.867. The van der Waals surface area contributed by atoms with Crippen molar-refractivity contribution in [1.29, 1.82) is 0 Å². The molecule has 110 valence electrons. The molecule has 19 heavy (non-hydrogen) atoms. The van der Waals surface area contributed by atoms with E-state index in [-0.39, 0.29) is 11.2 Å². The first-order valence-electron chi connectivity index (χ1n) is 7.12. The van der Waals surface area contributed by atoms with Gasteiger partial charge in [0.05, 0.1) is 13.2 Å². The van der Waals surface area contributed by atoms with Gasteiger partial charge in [-0.1, -0.05) is 13.8 Å². The maximum atomic E-state index is 12.3. The van der Waals surface area contributed by atoms with Crippen LogP contribution in [-0.2, 0) is 14.3 Å². The van der Waals surface area contributed by atoms with Gasteiger partial charge >= 0.3 is 5.97 Å². The first kappa shape index (κ1) is 16.2. The molecule has 0 aromatic rings. The van der Waals surface area contributed by atoms with Crippen LogP contribution in [0.15, 0.2) is 0 Å². The summed E-state index contributed by atoms with van der Waals surface area (Å²) in [6.45, 7) is 12.0. The van der Waals surface area contributed by atoms with Gasteiger partial charge in [-0.3, -0.25) is 14.5 Å². The molecule has 0 saturated carbocycles. The van der Waals surface area contributed by atoms with E-state index >= 15 is 0 Å². The quantitative estimate of drug-likeness (QED) is 0.567. The molecule has 0 radical (unpaired) electrons. The first-order valence-corrected chi connectivity index (χ1v) is 7.12. The van der Waals surface area contributed by atoms with Crippen molar-refractivity contribution < 1.29 is 14.3 Å². The molecule has 4 nitrogen and oxygen atoms in total. The van der Waals surface area contributed by atoms with Gasteiger partial charge in [0, 0.05) is 6.54 Å². The van der Waals surface area contributed by atoms with Gasteiger partial charge < -0.3 is 4.74 Å². The summed E-state index contributed by atoms with van der Waals surface area (Å²) < 4.78 is 4.98. The number of esters is 1. The highest BCUT2D eigenvalue weighted by atomic mass is 16.5. The minimum Gasteiger partial charge on any atom is -0.465 e. The molecular weight excluding hydrogens is 242 g/mol. The first-order chi connectivity index (χ1) is 8.69. The summed E-state index contributed by atoms with van der Waals surface area (Å²) in [7, 11) is 0. The highest BCUT2D eigenvalue weighted by molar-refractivity contribution is 6.03. The Morgan fingerprint density at radius 1 is 1.32 bits per heavy atom. The van der Waals surface area contributed by atoms with Crippen LogP contribution in [0.25, 0.3) is 0 Å². The van der Waals surface area contributed by atoms with E-state index in [9.17, 15) is 9.59 Å². The van der Waals surface area contributed by atoms with Crippen LogP contribution in [-0.4, -0.2) is 42.9 Å². The Labute approximate surface area is 116 Å². The van der Waals surface area contributed by atoms with Crippen LogP contribution in [0.2, 0.25) is 0 Å². The number of ketones is 1. The summed E-state index contributed by atoms with van der Waals surface area (Å²) in [4.78, 5) is 26.3. The van der Waals surface area contributed by atoms with Gasteiger partial charge in [-0.25, -0.2) is 0 Å². The summed E-state index contributed by atoms with van der Waals surface area (Å²) in [5.41, 5.74) is -0.787. The van der Waals surface area contributed by atoms with E-state index in [2.05, 4.69) is 18.7 Å². The van der Waals surface area contributed by atoms with Crippen LogP contribution in [0.3, 0.4) is 0 Å². The number of hydrogen-bond donors (Lipinski definition) is 0. The number of ether oxygens (including phenoxy) is 1. The van der Waals surface area contributed by atoms with Crippen LogP contribution in [0.5, 0.6) is 0 Å². The van der Waals surface area contributed by atoms with Crippen LogP contribution in [0.1, 0.15) is 47.5 Å². The van der Waals surface area contributed by atoms with E-state index in [4.69, 9.17) is 4.74 Å². The second kappa shape index (κ2) is 6.04. The van der Waals surface area contributed by atoms with Crippen molar-refractivity contribution in [2.45, 2.75) is 47.5 Å². The Morgan fingerprint density at radius 2 is 1.95 bits per heavy atom. The third-order valence-corrected chi connectivity index (χ3v) is 3.83. The zero-order valence-corrected chi connectivity index (χ0v) is 12.9. The Bertz CT molecular complexity index is 347. The van der Waals surface area contributed by atoms with E-state index in [1.165, 1.54) is 6.42 Å². The largest absolute Gasteiger partial charge is 0.465 e. The van der Waals surface area contributed by atoms with E-state index in [1.807, 2.05) is 0 Å². The minimum absolute atomic E-state index is 0.0522. The third-order valence-electron chi connectivity index (χ3n) is 3.83. The van der Waals surface area contributed by atoms with Crippen molar-refractivity contribution in [3.8, 4) is 0 Å². The normalized spacial score (nSPS) is 20.1. The van der Waals surface area contributed by atoms with Gasteiger partial charge in [0.15, 0.2) is 5.78 Å². The summed E-state index contributed by atoms with van der Waals surface area (Å²) in [6.07, 6.45) is 2.30. The Hall–Kier alpha value is -0.900. The van der Waals surface area contributed by atoms with Gasteiger partial charge in [-0.15, -0.1) is 0 Å². The molecule has 0 amide bonds. The predicted molar refractivity (Wildman–Crippen MR) is 74.9 cm³/mol. The standard InChI is InChI=1S/C15H27NO3/c1-6-19-13(18)15(4,5)12(17)10-16-9-7-8-14(2,3)11-16/h6-11H2,1-5H3. The molecule has 0 bridgehead atoms. The van der Waals surface area contributed by atoms with Gasteiger partial charge in [0.1, 0.15) is 5.41 Å². The molecular formula is C15H27NO3. The molecule has 1 heterocycles. The zero-order valence-electron chi connectivity index (χ0n) is 12.9. The minimum atomic E-state index is -1.04. The zero-order chi connectivity index (χ0) is 14.7. The lowest BCUT2D eigenvalue weighted by Crippen LogP contribution is -2.47. The molecule has 1 aliphatic heterocycles. The second-order valence-electron chi connectivity index (χ2n) is 6.75. The number of hydrogen-bond acceptors (Lipinski definition) is 4. The van der Waals surface area contributed by atoms with Crippen LogP contribution in [0.4, 0.5) is 0 Å². The van der Waals surface area contributed by atoms with Crippen molar-refractivity contribution in [1.82, 2.24) is 4.90 Å². The Balaban J connectivity index is 2.61. The molecule has 0 atom stereocenters. The molecule has 0 unspecified atom stereocenters. The summed E-state index contributed by atoms with van der Waals surface area (Å²) >= 11 is 0. The fourth-order valence-electron chi connectivity index (χ4n) is 2.51. The highest BCUT2D eigenvalue weighted by Gasteiger charge is 2.39. The van der Waals surface area contributed by atoms with Crippen LogP contribution >= 0.6 is 0 Å². The van der Waals surface area contributed by atoms with Gasteiger partial charge in [0.2, 0.25) is 0 Å². The van der Waals surface area contributed by atoms with E-state index in [0.717, 1.165) is 19.5 Å². The summed E-state index contributed by atoms with van der Waals surface area (Å²) in [5.74, 6) is -0.472.